The van der Waals surface area contributed by atoms with E-state index in [1.807, 2.05) is 97.9 Å². The van der Waals surface area contributed by atoms with E-state index in [-0.39, 0.29) is 26.4 Å². The van der Waals surface area contributed by atoms with E-state index < -0.39 is 78.3 Å². The third-order valence-corrected chi connectivity index (χ3v) is 9.87. The smallest absolute Gasteiger partial charge is 0.303 e. The van der Waals surface area contributed by atoms with Gasteiger partial charge >= 0.3 is 17.9 Å². The molecule has 2 aliphatic heterocycles. The fraction of sp³-hybridized carbons (Fsp3) is 0.462. The molecule has 2 fully saturated rings. The monoisotopic (exact) mass is 738 g/mol. The van der Waals surface area contributed by atoms with E-state index in [2.05, 4.69) is 0 Å². The van der Waals surface area contributed by atoms with Crippen molar-refractivity contribution in [3.8, 4) is 0 Å². The molecule has 0 saturated carbocycles. The summed E-state index contributed by atoms with van der Waals surface area (Å²) in [5, 5.41) is 11.9. The van der Waals surface area contributed by atoms with Crippen LogP contribution < -0.4 is 0 Å². The zero-order valence-electron chi connectivity index (χ0n) is 29.6. The van der Waals surface area contributed by atoms with Gasteiger partial charge in [0.1, 0.15) is 23.7 Å². The molecule has 0 bridgehead atoms. The molecule has 3 aromatic carbocycles. The summed E-state index contributed by atoms with van der Waals surface area (Å²) in [5.74, 6) is -2.57. The lowest BCUT2D eigenvalue weighted by molar-refractivity contribution is -0.339. The number of aliphatic hydroxyl groups excluding tert-OH is 1. The molecule has 0 radical (unpaired) electrons. The number of rotatable bonds is 15. The van der Waals surface area contributed by atoms with Gasteiger partial charge < -0.3 is 43.0 Å². The molecule has 5 rings (SSSR count). The molecule has 10 unspecified atom stereocenters. The van der Waals surface area contributed by atoms with Crippen molar-refractivity contribution < 1.29 is 57.4 Å². The van der Waals surface area contributed by atoms with Crippen molar-refractivity contribution in [2.75, 3.05) is 13.2 Å². The van der Waals surface area contributed by atoms with E-state index in [0.29, 0.717) is 0 Å². The van der Waals surface area contributed by atoms with Crippen molar-refractivity contribution in [3.63, 3.8) is 0 Å². The molecular formula is C39H46O12S. The van der Waals surface area contributed by atoms with Crippen LogP contribution in [0.5, 0.6) is 0 Å². The lowest BCUT2D eigenvalue weighted by Crippen LogP contribution is -2.65. The van der Waals surface area contributed by atoms with Crippen LogP contribution in [0.4, 0.5) is 0 Å². The highest BCUT2D eigenvalue weighted by Crippen LogP contribution is 2.40. The quantitative estimate of drug-likeness (QED) is 0.168. The van der Waals surface area contributed by atoms with Crippen LogP contribution in [-0.4, -0.2) is 90.7 Å². The minimum atomic E-state index is -1.42. The Morgan fingerprint density at radius 1 is 0.635 bits per heavy atom. The van der Waals surface area contributed by atoms with Crippen LogP contribution in [0.1, 0.15) is 38.8 Å². The molecule has 1 N–H and O–H groups in total. The standard InChI is InChI=1S/C39H46O12S/c1-24-33(43)34(31(22-44-20-28-14-8-5-9-15-28)50-39(24)52-30-18-12-7-13-19-30)51-38-37(48-27(4)42)36(47-26(3)41)35(46-25(2)40)32(49-38)23-45-21-29-16-10-6-11-17-29/h5-19,24,31-39,43H,20-23H2,1-4H3. The molecule has 10 atom stereocenters. The van der Waals surface area contributed by atoms with Gasteiger partial charge in [0.25, 0.3) is 0 Å². The molecule has 12 nitrogen and oxygen atoms in total. The average Bonchev–Trinajstić information content (AvgIpc) is 3.12. The number of hydrogen-bond donors (Lipinski definition) is 1. The topological polar surface area (TPSA) is 145 Å². The van der Waals surface area contributed by atoms with Crippen molar-refractivity contribution in [1.29, 1.82) is 0 Å². The van der Waals surface area contributed by atoms with Gasteiger partial charge in [-0.15, -0.1) is 0 Å². The van der Waals surface area contributed by atoms with Crippen molar-refractivity contribution in [2.24, 2.45) is 5.92 Å². The van der Waals surface area contributed by atoms with Gasteiger partial charge in [-0.3, -0.25) is 14.4 Å². The Balaban J connectivity index is 1.43. The Morgan fingerprint density at radius 2 is 1.10 bits per heavy atom. The summed E-state index contributed by atoms with van der Waals surface area (Å²) in [5.41, 5.74) is 1.37. The second-order valence-corrected chi connectivity index (χ2v) is 13.9. The molecule has 0 amide bonds. The summed E-state index contributed by atoms with van der Waals surface area (Å²) < 4.78 is 48.6. The zero-order valence-corrected chi connectivity index (χ0v) is 30.4. The largest absolute Gasteiger partial charge is 0.456 e. The Morgan fingerprint density at radius 3 is 1.62 bits per heavy atom. The lowest BCUT2D eigenvalue weighted by atomic mass is 9.93. The minimum Gasteiger partial charge on any atom is -0.456 e. The molecule has 52 heavy (non-hydrogen) atoms. The fourth-order valence-electron chi connectivity index (χ4n) is 6.11. The number of benzene rings is 3. The van der Waals surface area contributed by atoms with Gasteiger partial charge in [-0.25, -0.2) is 0 Å². The summed E-state index contributed by atoms with van der Waals surface area (Å²) >= 11 is 1.47. The maximum absolute atomic E-state index is 12.5. The first-order valence-corrected chi connectivity index (χ1v) is 18.1. The predicted molar refractivity (Wildman–Crippen MR) is 189 cm³/mol. The third kappa shape index (κ3) is 11.1. The molecule has 2 saturated heterocycles. The van der Waals surface area contributed by atoms with Crippen LogP contribution in [0.3, 0.4) is 0 Å². The van der Waals surface area contributed by atoms with Crippen LogP contribution in [0, 0.1) is 5.92 Å². The average molecular weight is 739 g/mol. The maximum Gasteiger partial charge on any atom is 0.303 e. The van der Waals surface area contributed by atoms with E-state index >= 15 is 0 Å². The van der Waals surface area contributed by atoms with E-state index in [9.17, 15) is 19.5 Å². The van der Waals surface area contributed by atoms with Gasteiger partial charge in [0, 0.05) is 31.6 Å². The lowest BCUT2D eigenvalue weighted by Gasteiger charge is -2.48. The van der Waals surface area contributed by atoms with Crippen molar-refractivity contribution in [1.82, 2.24) is 0 Å². The van der Waals surface area contributed by atoms with Crippen LogP contribution in [0.25, 0.3) is 0 Å². The molecule has 3 aromatic rings. The normalized spacial score (nSPS) is 28.8. The Bertz CT molecular complexity index is 1560. The van der Waals surface area contributed by atoms with E-state index in [1.54, 1.807) is 0 Å². The highest BCUT2D eigenvalue weighted by Gasteiger charge is 2.55. The highest BCUT2D eigenvalue weighted by atomic mass is 32.2. The third-order valence-electron chi connectivity index (χ3n) is 8.55. The van der Waals surface area contributed by atoms with Crippen LogP contribution in [0.2, 0.25) is 0 Å². The second kappa shape index (κ2) is 19.3. The molecule has 0 aromatic heterocycles. The summed E-state index contributed by atoms with van der Waals surface area (Å²) in [4.78, 5) is 38.2. The Labute approximate surface area is 308 Å². The van der Waals surface area contributed by atoms with Crippen LogP contribution in [0.15, 0.2) is 95.9 Å². The number of ether oxygens (including phenoxy) is 8. The minimum absolute atomic E-state index is 0.0349. The van der Waals surface area contributed by atoms with Crippen LogP contribution >= 0.6 is 11.8 Å². The first kappa shape index (κ1) is 39.4. The van der Waals surface area contributed by atoms with Crippen molar-refractivity contribution >= 4 is 29.7 Å². The summed E-state index contributed by atoms with van der Waals surface area (Å²) in [6.07, 6.45) is -9.42. The van der Waals surface area contributed by atoms with Gasteiger partial charge in [-0.2, -0.15) is 0 Å². The molecule has 0 spiro atoms. The number of aliphatic hydroxyl groups is 1. The number of hydrogen-bond acceptors (Lipinski definition) is 13. The maximum atomic E-state index is 12.5. The summed E-state index contributed by atoms with van der Waals surface area (Å²) in [6.45, 7) is 5.84. The van der Waals surface area contributed by atoms with Crippen LogP contribution in [-0.2, 0) is 65.5 Å². The number of thioether (sulfide) groups is 1. The number of carbonyl (C=O) groups excluding carboxylic acids is 3. The second-order valence-electron chi connectivity index (χ2n) is 12.7. The van der Waals surface area contributed by atoms with Crippen molar-refractivity contribution in [3.05, 3.63) is 102 Å². The SMILES string of the molecule is CC(=O)OC1C(COCc2ccccc2)OC(OC2C(COCc3ccccc3)OC(Sc3ccccc3)C(C)C2O)C(OC(C)=O)C1OC(C)=O. The molecular weight excluding hydrogens is 692 g/mol. The Kier molecular flexibility index (Phi) is 14.6. The molecule has 0 aliphatic carbocycles. The fourth-order valence-corrected chi connectivity index (χ4v) is 7.27. The molecule has 280 valence electrons. The molecule has 2 heterocycles. The molecule has 13 heteroatoms. The van der Waals surface area contributed by atoms with Gasteiger partial charge in [0.05, 0.1) is 32.5 Å². The Hall–Kier alpha value is -3.82. The van der Waals surface area contributed by atoms with E-state index in [1.165, 1.54) is 32.5 Å². The molecule has 2 aliphatic rings. The highest BCUT2D eigenvalue weighted by molar-refractivity contribution is 7.99. The summed E-state index contributed by atoms with van der Waals surface area (Å²) in [6, 6.07) is 28.8. The zero-order chi connectivity index (χ0) is 37.0. The van der Waals surface area contributed by atoms with E-state index in [0.717, 1.165) is 16.0 Å². The van der Waals surface area contributed by atoms with Gasteiger partial charge in [0.2, 0.25) is 0 Å². The van der Waals surface area contributed by atoms with Gasteiger partial charge in [-0.05, 0) is 23.3 Å². The van der Waals surface area contributed by atoms with E-state index in [4.69, 9.17) is 37.9 Å². The predicted octanol–water partition coefficient (Wildman–Crippen LogP) is 4.84. The summed E-state index contributed by atoms with van der Waals surface area (Å²) in [7, 11) is 0. The van der Waals surface area contributed by atoms with Crippen molar-refractivity contribution in [2.45, 2.75) is 100 Å². The first-order valence-electron chi connectivity index (χ1n) is 17.2. The van der Waals surface area contributed by atoms with Gasteiger partial charge in [0.15, 0.2) is 24.6 Å². The number of carbonyl (C=O) groups is 3. The first-order chi connectivity index (χ1) is 25.1. The van der Waals surface area contributed by atoms with Gasteiger partial charge in [-0.1, -0.05) is 97.5 Å². The number of esters is 3.